The summed E-state index contributed by atoms with van der Waals surface area (Å²) in [6.07, 6.45) is 0. The highest BCUT2D eigenvalue weighted by atomic mass is 35.5. The van der Waals surface area contributed by atoms with Crippen LogP contribution in [0.4, 0.5) is 5.00 Å². The second-order valence-corrected chi connectivity index (χ2v) is 5.66. The Kier molecular flexibility index (Phi) is 5.35. The molecule has 0 aliphatic heterocycles. The van der Waals surface area contributed by atoms with Crippen LogP contribution >= 0.6 is 23.1 Å². The zero-order valence-electron chi connectivity index (χ0n) is 11.8. The van der Waals surface area contributed by atoms with Crippen molar-refractivity contribution in [3.8, 4) is 0 Å². The third-order valence-corrected chi connectivity index (χ3v) is 4.00. The Hall–Kier alpha value is -2.12. The van der Waals surface area contributed by atoms with E-state index in [9.17, 15) is 9.59 Å². The largest absolute Gasteiger partial charge is 0.452 e. The number of benzene rings is 1. The minimum Gasteiger partial charge on any atom is -0.452 e. The van der Waals surface area contributed by atoms with Gasteiger partial charge in [0.15, 0.2) is 6.61 Å². The summed E-state index contributed by atoms with van der Waals surface area (Å²) < 4.78 is 8.88. The van der Waals surface area contributed by atoms with Gasteiger partial charge in [-0.25, -0.2) is 4.79 Å². The SMILES string of the molecule is Cc1nsc(N)c1C(=O)OCC(=O)NCc1ccccc1Cl. The number of halogens is 1. The van der Waals surface area contributed by atoms with E-state index >= 15 is 0 Å². The number of esters is 1. The number of aryl methyl sites for hydroxylation is 1. The molecule has 0 aliphatic carbocycles. The van der Waals surface area contributed by atoms with Crippen LogP contribution in [0.3, 0.4) is 0 Å². The molecule has 1 aromatic carbocycles. The lowest BCUT2D eigenvalue weighted by atomic mass is 10.2. The van der Waals surface area contributed by atoms with Crippen LogP contribution in [0, 0.1) is 6.92 Å². The number of carbonyl (C=O) groups excluding carboxylic acids is 2. The van der Waals surface area contributed by atoms with E-state index < -0.39 is 18.5 Å². The quantitative estimate of drug-likeness (QED) is 0.814. The average Bonchev–Trinajstić information content (AvgIpc) is 2.83. The number of hydrogen-bond acceptors (Lipinski definition) is 6. The summed E-state index contributed by atoms with van der Waals surface area (Å²) in [4.78, 5) is 23.5. The van der Waals surface area contributed by atoms with Gasteiger partial charge in [0, 0.05) is 11.6 Å². The number of hydrogen-bond donors (Lipinski definition) is 2. The molecule has 0 aliphatic rings. The Balaban J connectivity index is 1.83. The highest BCUT2D eigenvalue weighted by Crippen LogP contribution is 2.21. The molecule has 8 heteroatoms. The summed E-state index contributed by atoms with van der Waals surface area (Å²) in [6, 6.07) is 7.16. The second kappa shape index (κ2) is 7.24. The van der Waals surface area contributed by atoms with Crippen molar-refractivity contribution in [1.82, 2.24) is 9.69 Å². The predicted molar refractivity (Wildman–Crippen MR) is 84.8 cm³/mol. The first-order chi connectivity index (χ1) is 10.5. The van der Waals surface area contributed by atoms with Crippen molar-refractivity contribution in [2.75, 3.05) is 12.3 Å². The number of nitrogens with one attached hydrogen (secondary N) is 1. The molecule has 0 radical (unpaired) electrons. The maximum atomic E-state index is 11.8. The van der Waals surface area contributed by atoms with E-state index in [-0.39, 0.29) is 17.1 Å². The summed E-state index contributed by atoms with van der Waals surface area (Å²) in [5.41, 5.74) is 7.13. The van der Waals surface area contributed by atoms with Gasteiger partial charge in [-0.3, -0.25) is 4.79 Å². The van der Waals surface area contributed by atoms with Crippen molar-refractivity contribution >= 4 is 40.0 Å². The minimum atomic E-state index is -0.656. The highest BCUT2D eigenvalue weighted by molar-refractivity contribution is 7.10. The number of nitrogens with zero attached hydrogens (tertiary/aromatic N) is 1. The number of rotatable bonds is 5. The molecule has 0 saturated carbocycles. The molecular weight excluding hydrogens is 326 g/mol. The molecule has 2 aromatic rings. The molecule has 0 atom stereocenters. The highest BCUT2D eigenvalue weighted by Gasteiger charge is 2.18. The van der Waals surface area contributed by atoms with Gasteiger partial charge in [0.1, 0.15) is 10.6 Å². The van der Waals surface area contributed by atoms with Gasteiger partial charge in [-0.15, -0.1) is 0 Å². The number of anilines is 1. The first-order valence-corrected chi connectivity index (χ1v) is 7.53. The number of aromatic nitrogens is 1. The van der Waals surface area contributed by atoms with Crippen molar-refractivity contribution in [2.45, 2.75) is 13.5 Å². The smallest absolute Gasteiger partial charge is 0.343 e. The van der Waals surface area contributed by atoms with Crippen LogP contribution in [-0.2, 0) is 16.1 Å². The van der Waals surface area contributed by atoms with E-state index in [1.165, 1.54) is 0 Å². The molecule has 1 amide bonds. The number of nitrogen functional groups attached to an aromatic ring is 1. The second-order valence-electron chi connectivity index (χ2n) is 4.45. The summed E-state index contributed by atoms with van der Waals surface area (Å²) in [5.74, 6) is -1.08. The van der Waals surface area contributed by atoms with E-state index in [4.69, 9.17) is 22.1 Å². The van der Waals surface area contributed by atoms with E-state index in [1.54, 1.807) is 25.1 Å². The normalized spacial score (nSPS) is 10.3. The number of amides is 1. The van der Waals surface area contributed by atoms with Crippen LogP contribution in [0.25, 0.3) is 0 Å². The van der Waals surface area contributed by atoms with Gasteiger partial charge in [-0.05, 0) is 30.1 Å². The Morgan fingerprint density at radius 3 is 2.77 bits per heavy atom. The van der Waals surface area contributed by atoms with Gasteiger partial charge in [-0.2, -0.15) is 4.37 Å². The molecule has 0 spiro atoms. The van der Waals surface area contributed by atoms with Gasteiger partial charge in [0.25, 0.3) is 5.91 Å². The van der Waals surface area contributed by atoms with Crippen molar-refractivity contribution in [3.63, 3.8) is 0 Å². The summed E-state index contributed by atoms with van der Waals surface area (Å²) in [6.45, 7) is 1.52. The fourth-order valence-electron chi connectivity index (χ4n) is 1.73. The maximum absolute atomic E-state index is 11.8. The maximum Gasteiger partial charge on any atom is 0.343 e. The monoisotopic (exact) mass is 339 g/mol. The zero-order chi connectivity index (χ0) is 16.1. The van der Waals surface area contributed by atoms with Gasteiger partial charge >= 0.3 is 5.97 Å². The molecule has 22 heavy (non-hydrogen) atoms. The van der Waals surface area contributed by atoms with Crippen molar-refractivity contribution < 1.29 is 14.3 Å². The van der Waals surface area contributed by atoms with Crippen LogP contribution in [0.2, 0.25) is 5.02 Å². The molecule has 116 valence electrons. The summed E-state index contributed by atoms with van der Waals surface area (Å²) in [5, 5.41) is 3.46. The standard InChI is InChI=1S/C14H14ClN3O3S/c1-8-12(13(16)22-18-8)14(20)21-7-11(19)17-6-9-4-2-3-5-10(9)15/h2-5H,6-7,16H2,1H3,(H,17,19). The Morgan fingerprint density at radius 1 is 1.41 bits per heavy atom. The van der Waals surface area contributed by atoms with E-state index in [0.717, 1.165) is 17.1 Å². The first-order valence-electron chi connectivity index (χ1n) is 6.38. The third-order valence-electron chi connectivity index (χ3n) is 2.86. The Morgan fingerprint density at radius 2 is 2.14 bits per heavy atom. The topological polar surface area (TPSA) is 94.3 Å². The van der Waals surface area contributed by atoms with Crippen LogP contribution in [-0.4, -0.2) is 22.9 Å². The van der Waals surface area contributed by atoms with E-state index in [2.05, 4.69) is 9.69 Å². The fraction of sp³-hybridized carbons (Fsp3) is 0.214. The molecular formula is C14H14ClN3O3S. The minimum absolute atomic E-state index is 0.212. The molecule has 0 bridgehead atoms. The predicted octanol–water partition coefficient (Wildman–Crippen LogP) is 2.16. The molecule has 1 heterocycles. The van der Waals surface area contributed by atoms with Crippen LogP contribution in [0.5, 0.6) is 0 Å². The van der Waals surface area contributed by atoms with Crippen LogP contribution < -0.4 is 11.1 Å². The number of carbonyl (C=O) groups is 2. The molecule has 0 fully saturated rings. The summed E-state index contributed by atoms with van der Waals surface area (Å²) in [7, 11) is 0. The van der Waals surface area contributed by atoms with Crippen molar-refractivity contribution in [2.24, 2.45) is 0 Å². The fourth-order valence-corrected chi connectivity index (χ4v) is 2.58. The average molecular weight is 340 g/mol. The number of nitrogens with two attached hydrogens (primary N) is 1. The van der Waals surface area contributed by atoms with Gasteiger partial charge in [0.2, 0.25) is 0 Å². The first kappa shape index (κ1) is 16.3. The van der Waals surface area contributed by atoms with Crippen molar-refractivity contribution in [1.29, 1.82) is 0 Å². The van der Waals surface area contributed by atoms with Crippen LogP contribution in [0.15, 0.2) is 24.3 Å². The molecule has 0 unspecified atom stereocenters. The molecule has 1 aromatic heterocycles. The summed E-state index contributed by atoms with van der Waals surface area (Å²) >= 11 is 7.00. The zero-order valence-corrected chi connectivity index (χ0v) is 13.3. The van der Waals surface area contributed by atoms with Gasteiger partial charge in [-0.1, -0.05) is 29.8 Å². The molecule has 3 N–H and O–H groups in total. The Labute approximate surface area is 136 Å². The van der Waals surface area contributed by atoms with Crippen LogP contribution in [0.1, 0.15) is 21.6 Å². The lowest BCUT2D eigenvalue weighted by molar-refractivity contribution is -0.124. The molecule has 0 saturated heterocycles. The van der Waals surface area contributed by atoms with Crippen molar-refractivity contribution in [3.05, 3.63) is 46.1 Å². The lowest BCUT2D eigenvalue weighted by Gasteiger charge is -2.08. The lowest BCUT2D eigenvalue weighted by Crippen LogP contribution is -2.28. The molecule has 2 rings (SSSR count). The van der Waals surface area contributed by atoms with Gasteiger partial charge < -0.3 is 15.8 Å². The van der Waals surface area contributed by atoms with Gasteiger partial charge in [0.05, 0.1) is 5.69 Å². The Bertz CT molecular complexity index is 683. The number of ether oxygens (including phenoxy) is 1. The van der Waals surface area contributed by atoms with E-state index in [0.29, 0.717) is 10.7 Å². The molecule has 6 nitrogen and oxygen atoms in total. The van der Waals surface area contributed by atoms with E-state index in [1.807, 2.05) is 6.07 Å². The third kappa shape index (κ3) is 3.96.